The van der Waals surface area contributed by atoms with Crippen LogP contribution in [0.25, 0.3) is 33.1 Å². The van der Waals surface area contributed by atoms with Gasteiger partial charge in [0.25, 0.3) is 0 Å². The molecule has 0 unspecified atom stereocenters. The summed E-state index contributed by atoms with van der Waals surface area (Å²) in [7, 11) is -6.89. The molecule has 0 spiro atoms. The van der Waals surface area contributed by atoms with Crippen molar-refractivity contribution in [3.63, 3.8) is 0 Å². The van der Waals surface area contributed by atoms with Gasteiger partial charge in [-0.1, -0.05) is 26.0 Å². The molecule has 0 aliphatic heterocycles. The van der Waals surface area contributed by atoms with Crippen LogP contribution in [0.5, 0.6) is 0 Å². The Balaban J connectivity index is 0.000000171. The number of fused-ring (bicyclic) bond motifs is 6. The number of rotatable bonds is 6. The molecule has 6 rings (SSSR count). The fourth-order valence-electron chi connectivity index (χ4n) is 5.08. The maximum Gasteiger partial charge on any atom is 0.231 e. The molecule has 0 fully saturated rings. The number of sulfonamides is 2. The van der Waals surface area contributed by atoms with Crippen LogP contribution in [-0.4, -0.2) is 58.1 Å². The summed E-state index contributed by atoms with van der Waals surface area (Å²) in [4.78, 5) is 17.7. The Morgan fingerprint density at radius 2 is 1.16 bits per heavy atom. The average molecular weight is 627 g/mol. The molecule has 43 heavy (non-hydrogen) atoms. The monoisotopic (exact) mass is 626 g/mol. The van der Waals surface area contributed by atoms with E-state index in [4.69, 9.17) is 0 Å². The quantitative estimate of drug-likeness (QED) is 0.276. The predicted octanol–water partition coefficient (Wildman–Crippen LogP) is 4.39. The van der Waals surface area contributed by atoms with Gasteiger partial charge in [-0.2, -0.15) is 0 Å². The number of aryl methyl sites for hydroxylation is 4. The minimum Gasteiger partial charge on any atom is -0.291 e. The van der Waals surface area contributed by atoms with E-state index < -0.39 is 20.0 Å². The van der Waals surface area contributed by atoms with Crippen LogP contribution in [0.1, 0.15) is 36.9 Å². The molecule has 0 radical (unpaired) electrons. The zero-order chi connectivity index (χ0) is 31.3. The molecule has 0 atom stereocenters. The number of halogens is 1. The smallest absolute Gasteiger partial charge is 0.231 e. The van der Waals surface area contributed by atoms with Crippen molar-refractivity contribution in [2.75, 3.05) is 22.0 Å². The van der Waals surface area contributed by atoms with Crippen molar-refractivity contribution in [2.24, 2.45) is 0 Å². The number of imidazole rings is 2. The van der Waals surface area contributed by atoms with Crippen LogP contribution >= 0.6 is 0 Å². The van der Waals surface area contributed by atoms with E-state index in [1.54, 1.807) is 11.3 Å². The van der Waals surface area contributed by atoms with Crippen molar-refractivity contribution >= 4 is 64.8 Å². The Bertz CT molecular complexity index is 2260. The van der Waals surface area contributed by atoms with Gasteiger partial charge in [-0.25, -0.2) is 41.2 Å². The van der Waals surface area contributed by atoms with Crippen molar-refractivity contribution in [2.45, 2.75) is 40.5 Å². The topological polar surface area (TPSA) is 153 Å². The molecule has 12 nitrogen and oxygen atoms in total. The van der Waals surface area contributed by atoms with Crippen LogP contribution in [0.3, 0.4) is 0 Å². The number of aromatic nitrogens is 6. The molecule has 6 aromatic rings. The highest BCUT2D eigenvalue weighted by Crippen LogP contribution is 2.28. The lowest BCUT2D eigenvalue weighted by Crippen LogP contribution is -2.13. The summed E-state index contributed by atoms with van der Waals surface area (Å²) in [5.41, 5.74) is 5.35. The Hall–Kier alpha value is -4.37. The largest absolute Gasteiger partial charge is 0.291 e. The van der Waals surface area contributed by atoms with Crippen LogP contribution in [-0.2, 0) is 32.9 Å². The molecular weight excluding hydrogens is 595 g/mol. The zero-order valence-electron chi connectivity index (χ0n) is 24.5. The molecule has 0 aliphatic rings. The second-order valence-corrected chi connectivity index (χ2v) is 13.6. The van der Waals surface area contributed by atoms with Gasteiger partial charge in [0.1, 0.15) is 28.5 Å². The molecule has 0 saturated carbocycles. The van der Waals surface area contributed by atoms with Gasteiger partial charge in [0.05, 0.1) is 46.0 Å². The van der Waals surface area contributed by atoms with Gasteiger partial charge in [-0.05, 0) is 38.1 Å². The van der Waals surface area contributed by atoms with E-state index in [1.165, 1.54) is 18.2 Å². The predicted molar refractivity (Wildman–Crippen MR) is 166 cm³/mol. The third-order valence-electron chi connectivity index (χ3n) is 6.65. The van der Waals surface area contributed by atoms with E-state index in [0.29, 0.717) is 40.0 Å². The van der Waals surface area contributed by atoms with E-state index in [9.17, 15) is 21.2 Å². The summed E-state index contributed by atoms with van der Waals surface area (Å²) >= 11 is 0. The molecule has 0 bridgehead atoms. The SMILES string of the molecule is CCc1nc(C)c2c(NS(C)(=O)=O)nc3ccc(F)cc3n12.CCc1nc(C)c2c(NS(C)(=O)=O)nc3ccccc3n12. The van der Waals surface area contributed by atoms with Crippen LogP contribution in [0, 0.1) is 19.7 Å². The number of nitrogens with one attached hydrogen (secondary N) is 2. The number of anilines is 2. The van der Waals surface area contributed by atoms with Gasteiger partial charge in [0, 0.05) is 18.9 Å². The van der Waals surface area contributed by atoms with Crippen LogP contribution in [0.2, 0.25) is 0 Å². The first kappa shape index (κ1) is 30.1. The number of para-hydroxylation sites is 2. The van der Waals surface area contributed by atoms with Gasteiger partial charge >= 0.3 is 0 Å². The van der Waals surface area contributed by atoms with Gasteiger partial charge < -0.3 is 0 Å². The fraction of sp³-hybridized carbons (Fsp3) is 0.286. The van der Waals surface area contributed by atoms with E-state index in [0.717, 1.165) is 47.3 Å². The van der Waals surface area contributed by atoms with E-state index >= 15 is 0 Å². The molecule has 0 amide bonds. The Morgan fingerprint density at radius 1 is 0.698 bits per heavy atom. The van der Waals surface area contributed by atoms with E-state index in [2.05, 4.69) is 29.4 Å². The minimum absolute atomic E-state index is 0.200. The molecule has 2 aromatic carbocycles. The normalized spacial score (nSPS) is 12.2. The lowest BCUT2D eigenvalue weighted by atomic mass is 10.2. The maximum atomic E-state index is 13.6. The van der Waals surface area contributed by atoms with Crippen molar-refractivity contribution in [3.8, 4) is 0 Å². The third kappa shape index (κ3) is 5.95. The van der Waals surface area contributed by atoms with Crippen molar-refractivity contribution < 1.29 is 21.2 Å². The summed E-state index contributed by atoms with van der Waals surface area (Å²) in [5.74, 6) is 1.75. The standard InChI is InChI=1S/C14H15FN4O2S.C14H16N4O2S/c1-4-12-16-8(2)13-14(18-22(3,20)21)17-10-6-5-9(15)7-11(10)19(12)13;1-4-12-15-9(2)13-14(17-21(3,19)20)16-10-7-5-6-8-11(10)18(12)13/h5-7H,4H2,1-3H3,(H,17,18);5-8H,4H2,1-3H3,(H,16,17). The van der Waals surface area contributed by atoms with Gasteiger partial charge in [-0.15, -0.1) is 0 Å². The lowest BCUT2D eigenvalue weighted by Gasteiger charge is -2.10. The van der Waals surface area contributed by atoms with E-state index in [1.807, 2.05) is 49.4 Å². The highest BCUT2D eigenvalue weighted by Gasteiger charge is 2.19. The average Bonchev–Trinajstić information content (AvgIpc) is 3.45. The summed E-state index contributed by atoms with van der Waals surface area (Å²) < 4.78 is 68.6. The van der Waals surface area contributed by atoms with Crippen molar-refractivity contribution in [3.05, 3.63) is 71.3 Å². The lowest BCUT2D eigenvalue weighted by molar-refractivity contribution is 0.605. The van der Waals surface area contributed by atoms with Gasteiger partial charge in [0.2, 0.25) is 20.0 Å². The highest BCUT2D eigenvalue weighted by molar-refractivity contribution is 7.92. The van der Waals surface area contributed by atoms with E-state index in [-0.39, 0.29) is 11.6 Å². The van der Waals surface area contributed by atoms with Gasteiger partial charge in [0.15, 0.2) is 11.6 Å². The summed E-state index contributed by atoms with van der Waals surface area (Å²) in [6.07, 6.45) is 3.56. The van der Waals surface area contributed by atoms with Crippen molar-refractivity contribution in [1.29, 1.82) is 0 Å². The molecule has 2 N–H and O–H groups in total. The third-order valence-corrected chi connectivity index (χ3v) is 7.78. The highest BCUT2D eigenvalue weighted by atomic mass is 32.2. The number of benzene rings is 2. The maximum absolute atomic E-state index is 13.6. The zero-order valence-corrected chi connectivity index (χ0v) is 26.1. The molecule has 4 aromatic heterocycles. The van der Waals surface area contributed by atoms with Crippen LogP contribution < -0.4 is 9.44 Å². The Morgan fingerprint density at radius 3 is 1.65 bits per heavy atom. The number of hydrogen-bond donors (Lipinski definition) is 2. The minimum atomic E-state index is -3.49. The first-order valence-electron chi connectivity index (χ1n) is 13.4. The molecule has 0 aliphatic carbocycles. The molecule has 4 heterocycles. The number of nitrogens with zero attached hydrogens (tertiary/aromatic N) is 6. The molecule has 0 saturated heterocycles. The molecular formula is C28H31FN8O4S2. The summed E-state index contributed by atoms with van der Waals surface area (Å²) in [5, 5.41) is 0. The summed E-state index contributed by atoms with van der Waals surface area (Å²) in [6.45, 7) is 7.59. The van der Waals surface area contributed by atoms with Crippen LogP contribution in [0.4, 0.5) is 16.0 Å². The Labute approximate surface area is 248 Å². The molecule has 15 heteroatoms. The fourth-order valence-corrected chi connectivity index (χ4v) is 6.07. The first-order chi connectivity index (χ1) is 20.2. The number of hydrogen-bond acceptors (Lipinski definition) is 8. The second-order valence-electron chi connectivity index (χ2n) is 10.1. The summed E-state index contributed by atoms with van der Waals surface area (Å²) in [6, 6.07) is 11.8. The van der Waals surface area contributed by atoms with Gasteiger partial charge in [-0.3, -0.25) is 18.2 Å². The second kappa shape index (κ2) is 11.0. The molecule has 226 valence electrons. The first-order valence-corrected chi connectivity index (χ1v) is 17.2. The van der Waals surface area contributed by atoms with Crippen LogP contribution in [0.15, 0.2) is 42.5 Å². The van der Waals surface area contributed by atoms with Crippen molar-refractivity contribution in [1.82, 2.24) is 28.7 Å². The Kier molecular flexibility index (Phi) is 7.73.